The normalized spacial score (nSPS) is 11.7. The van der Waals surface area contributed by atoms with Crippen LogP contribution in [0.2, 0.25) is 0 Å². The Kier molecular flexibility index (Phi) is 11.1. The first-order valence-corrected chi connectivity index (χ1v) is 9.94. The van der Waals surface area contributed by atoms with Crippen LogP contribution < -0.4 is 0 Å². The standard InChI is InChI=1S/C20H31F4NO2/c1-2-3-4-5-6-7-8-9-10-11-12-13-16-14-25-18(17(16)21)19(26)27-15-20(22,23)24/h14,25H,2-13,15H2,1H3. The number of alkyl halides is 3. The summed E-state index contributed by atoms with van der Waals surface area (Å²) < 4.78 is 54.3. The first-order chi connectivity index (χ1) is 12.8. The van der Waals surface area contributed by atoms with Gasteiger partial charge in [-0.05, 0) is 12.8 Å². The zero-order chi connectivity index (χ0) is 20.1. The van der Waals surface area contributed by atoms with E-state index in [0.29, 0.717) is 12.0 Å². The molecule has 1 N–H and O–H groups in total. The fourth-order valence-corrected chi connectivity index (χ4v) is 2.98. The van der Waals surface area contributed by atoms with E-state index < -0.39 is 30.3 Å². The molecule has 1 aromatic heterocycles. The topological polar surface area (TPSA) is 42.1 Å². The Hall–Kier alpha value is -1.53. The van der Waals surface area contributed by atoms with Crippen molar-refractivity contribution < 1.29 is 27.1 Å². The highest BCUT2D eigenvalue weighted by atomic mass is 19.4. The number of aryl methyl sites for hydroxylation is 1. The second-order valence-corrected chi connectivity index (χ2v) is 6.98. The lowest BCUT2D eigenvalue weighted by atomic mass is 10.0. The number of H-pyrrole nitrogens is 1. The second-order valence-electron chi connectivity index (χ2n) is 6.98. The third kappa shape index (κ3) is 10.4. The van der Waals surface area contributed by atoms with Crippen LogP contribution in [0.1, 0.15) is 93.6 Å². The lowest BCUT2D eigenvalue weighted by Crippen LogP contribution is -2.21. The Balaban J connectivity index is 2.16. The molecule has 0 aromatic carbocycles. The van der Waals surface area contributed by atoms with Gasteiger partial charge in [0.1, 0.15) is 0 Å². The number of aromatic nitrogens is 1. The molecule has 0 saturated carbocycles. The molecule has 0 unspecified atom stereocenters. The van der Waals surface area contributed by atoms with Gasteiger partial charge in [-0.2, -0.15) is 13.2 Å². The van der Waals surface area contributed by atoms with E-state index in [0.717, 1.165) is 19.3 Å². The number of nitrogens with one attached hydrogen (secondary N) is 1. The van der Waals surface area contributed by atoms with Crippen molar-refractivity contribution in [1.82, 2.24) is 4.98 Å². The summed E-state index contributed by atoms with van der Waals surface area (Å²) in [6, 6.07) is 0. The number of hydrogen-bond donors (Lipinski definition) is 1. The summed E-state index contributed by atoms with van der Waals surface area (Å²) in [4.78, 5) is 13.9. The summed E-state index contributed by atoms with van der Waals surface area (Å²) in [6.45, 7) is 0.484. The Bertz CT molecular complexity index is 541. The van der Waals surface area contributed by atoms with Gasteiger partial charge in [-0.1, -0.05) is 71.1 Å². The van der Waals surface area contributed by atoms with Crippen LogP contribution in [0.25, 0.3) is 0 Å². The number of aromatic amines is 1. The van der Waals surface area contributed by atoms with Crippen LogP contribution in [-0.2, 0) is 11.2 Å². The third-order valence-corrected chi connectivity index (χ3v) is 4.51. The van der Waals surface area contributed by atoms with E-state index in [1.165, 1.54) is 57.6 Å². The van der Waals surface area contributed by atoms with Crippen molar-refractivity contribution in [1.29, 1.82) is 0 Å². The summed E-state index contributed by atoms with van der Waals surface area (Å²) in [5.41, 5.74) is -0.234. The molecule has 0 aliphatic rings. The van der Waals surface area contributed by atoms with Gasteiger partial charge in [0.25, 0.3) is 0 Å². The molecule has 27 heavy (non-hydrogen) atoms. The van der Waals surface area contributed by atoms with E-state index in [1.807, 2.05) is 0 Å². The lowest BCUT2D eigenvalue weighted by Gasteiger charge is -2.06. The van der Waals surface area contributed by atoms with Crippen LogP contribution in [0.3, 0.4) is 0 Å². The third-order valence-electron chi connectivity index (χ3n) is 4.51. The van der Waals surface area contributed by atoms with Gasteiger partial charge in [0, 0.05) is 11.8 Å². The molecule has 0 fully saturated rings. The summed E-state index contributed by atoms with van der Waals surface area (Å²) in [7, 11) is 0. The minimum atomic E-state index is -4.63. The monoisotopic (exact) mass is 393 g/mol. The Morgan fingerprint density at radius 2 is 1.48 bits per heavy atom. The Morgan fingerprint density at radius 3 is 2.00 bits per heavy atom. The molecule has 1 heterocycles. The van der Waals surface area contributed by atoms with E-state index in [2.05, 4.69) is 16.6 Å². The SMILES string of the molecule is CCCCCCCCCCCCCc1c[nH]c(C(=O)OCC(F)(F)F)c1F. The van der Waals surface area contributed by atoms with Crippen LogP contribution in [0, 0.1) is 5.82 Å². The summed E-state index contributed by atoms with van der Waals surface area (Å²) in [5, 5.41) is 0. The molecular weight excluding hydrogens is 362 g/mol. The van der Waals surface area contributed by atoms with Crippen molar-refractivity contribution in [2.75, 3.05) is 6.61 Å². The van der Waals surface area contributed by atoms with Gasteiger partial charge in [-0.15, -0.1) is 0 Å². The molecule has 0 spiro atoms. The van der Waals surface area contributed by atoms with Crippen LogP contribution in [-0.4, -0.2) is 23.7 Å². The number of esters is 1. The van der Waals surface area contributed by atoms with Gasteiger partial charge in [-0.3, -0.25) is 0 Å². The summed E-state index contributed by atoms with van der Waals surface area (Å²) in [5.74, 6) is -2.13. The quantitative estimate of drug-likeness (QED) is 0.216. The van der Waals surface area contributed by atoms with E-state index in [1.54, 1.807) is 0 Å². The van der Waals surface area contributed by atoms with Crippen LogP contribution >= 0.6 is 0 Å². The molecule has 0 amide bonds. The van der Waals surface area contributed by atoms with E-state index >= 15 is 0 Å². The summed E-state index contributed by atoms with van der Waals surface area (Å²) >= 11 is 0. The highest BCUT2D eigenvalue weighted by Crippen LogP contribution is 2.19. The van der Waals surface area contributed by atoms with Gasteiger partial charge in [0.2, 0.25) is 0 Å². The fourth-order valence-electron chi connectivity index (χ4n) is 2.98. The van der Waals surface area contributed by atoms with Gasteiger partial charge >= 0.3 is 12.1 Å². The number of ether oxygens (including phenoxy) is 1. The van der Waals surface area contributed by atoms with Crippen molar-refractivity contribution in [3.63, 3.8) is 0 Å². The minimum absolute atomic E-state index is 0.310. The second kappa shape index (κ2) is 12.8. The number of unbranched alkanes of at least 4 members (excludes halogenated alkanes) is 10. The van der Waals surface area contributed by atoms with Gasteiger partial charge in [0.05, 0.1) is 0 Å². The van der Waals surface area contributed by atoms with Crippen molar-refractivity contribution in [3.05, 3.63) is 23.3 Å². The number of hydrogen-bond acceptors (Lipinski definition) is 2. The average Bonchev–Trinajstić information content (AvgIpc) is 2.98. The maximum atomic E-state index is 14.1. The number of rotatable bonds is 14. The smallest absolute Gasteiger partial charge is 0.422 e. The van der Waals surface area contributed by atoms with Crippen LogP contribution in [0.4, 0.5) is 17.6 Å². The van der Waals surface area contributed by atoms with Crippen LogP contribution in [0.15, 0.2) is 6.20 Å². The zero-order valence-corrected chi connectivity index (χ0v) is 16.1. The zero-order valence-electron chi connectivity index (χ0n) is 16.1. The van der Waals surface area contributed by atoms with E-state index in [4.69, 9.17) is 0 Å². The predicted molar refractivity (Wildman–Crippen MR) is 97.3 cm³/mol. The molecule has 0 aliphatic carbocycles. The number of carbonyl (C=O) groups is 1. The first kappa shape index (κ1) is 23.5. The van der Waals surface area contributed by atoms with Crippen molar-refractivity contribution >= 4 is 5.97 Å². The van der Waals surface area contributed by atoms with E-state index in [-0.39, 0.29) is 0 Å². The van der Waals surface area contributed by atoms with Crippen molar-refractivity contribution in [2.24, 2.45) is 0 Å². The minimum Gasteiger partial charge on any atom is -0.451 e. The molecule has 7 heteroatoms. The molecule has 0 aliphatic heterocycles. The molecule has 156 valence electrons. The molecular formula is C20H31F4NO2. The largest absolute Gasteiger partial charge is 0.451 e. The molecule has 3 nitrogen and oxygen atoms in total. The molecule has 0 saturated heterocycles. The molecule has 0 radical (unpaired) electrons. The highest BCUT2D eigenvalue weighted by Gasteiger charge is 2.31. The van der Waals surface area contributed by atoms with Crippen LogP contribution in [0.5, 0.6) is 0 Å². The molecule has 1 aromatic rings. The predicted octanol–water partition coefficient (Wildman–Crippen LogP) is 6.73. The Morgan fingerprint density at radius 1 is 0.963 bits per heavy atom. The van der Waals surface area contributed by atoms with Gasteiger partial charge in [-0.25, -0.2) is 9.18 Å². The maximum Gasteiger partial charge on any atom is 0.422 e. The van der Waals surface area contributed by atoms with Gasteiger partial charge < -0.3 is 9.72 Å². The lowest BCUT2D eigenvalue weighted by molar-refractivity contribution is -0.161. The highest BCUT2D eigenvalue weighted by molar-refractivity contribution is 5.88. The van der Waals surface area contributed by atoms with Gasteiger partial charge in [0.15, 0.2) is 18.1 Å². The Labute approximate surface area is 158 Å². The average molecular weight is 393 g/mol. The van der Waals surface area contributed by atoms with Crippen molar-refractivity contribution in [2.45, 2.75) is 90.1 Å². The summed E-state index contributed by atoms with van der Waals surface area (Å²) in [6.07, 6.45) is 10.1. The first-order valence-electron chi connectivity index (χ1n) is 9.94. The fraction of sp³-hybridized carbons (Fsp3) is 0.750. The molecule has 0 atom stereocenters. The molecule has 1 rings (SSSR count). The molecule has 0 bridgehead atoms. The number of carbonyl (C=O) groups excluding carboxylic acids is 1. The van der Waals surface area contributed by atoms with Crippen molar-refractivity contribution in [3.8, 4) is 0 Å². The maximum absolute atomic E-state index is 14.1. The van der Waals surface area contributed by atoms with E-state index in [9.17, 15) is 22.4 Å². The number of halogens is 4.